The van der Waals surface area contributed by atoms with Crippen LogP contribution in [0.3, 0.4) is 0 Å². The smallest absolute Gasteiger partial charge is 0.169 e. The van der Waals surface area contributed by atoms with Gasteiger partial charge in [0.25, 0.3) is 0 Å². The van der Waals surface area contributed by atoms with Gasteiger partial charge in [-0.2, -0.15) is 0 Å². The Bertz CT molecular complexity index is 633. The fraction of sp³-hybridized carbons (Fsp3) is 0.524. The lowest BCUT2D eigenvalue weighted by atomic mass is 10.1. The molecule has 0 aliphatic carbocycles. The van der Waals surface area contributed by atoms with Crippen LogP contribution >= 0.6 is 12.4 Å². The minimum Gasteiger partial charge on any atom is -0.458 e. The molecule has 0 spiro atoms. The van der Waals surface area contributed by atoms with E-state index in [4.69, 9.17) is 4.74 Å². The number of rotatable bonds is 6. The van der Waals surface area contributed by atoms with Gasteiger partial charge in [0.1, 0.15) is 25.5 Å². The molecule has 0 bridgehead atoms. The first-order valence-corrected chi connectivity index (χ1v) is 9.33. The van der Waals surface area contributed by atoms with Crippen LogP contribution in [-0.4, -0.2) is 34.7 Å². The van der Waals surface area contributed by atoms with Crippen LogP contribution in [0.25, 0.3) is 0 Å². The number of allylic oxidation sites excluding steroid dienone is 1. The number of halogens is 1. The third-order valence-electron chi connectivity index (χ3n) is 5.79. The molecule has 3 nitrogen and oxygen atoms in total. The summed E-state index contributed by atoms with van der Waals surface area (Å²) >= 11 is 0. The van der Waals surface area contributed by atoms with Crippen LogP contribution in [0.1, 0.15) is 46.1 Å². The zero-order chi connectivity index (χ0) is 17.2. The van der Waals surface area contributed by atoms with E-state index in [-0.39, 0.29) is 12.4 Å². The maximum Gasteiger partial charge on any atom is 0.169 e. The molecule has 2 aliphatic heterocycles. The zero-order valence-corrected chi connectivity index (χ0v) is 16.8. The second-order valence-corrected chi connectivity index (χ2v) is 7.33. The van der Waals surface area contributed by atoms with E-state index < -0.39 is 0 Å². The number of ether oxygens (including phenoxy) is 1. The molecule has 2 aliphatic rings. The molecule has 0 amide bonds. The van der Waals surface area contributed by atoms with Gasteiger partial charge in [-0.05, 0) is 44.9 Å². The molecule has 3 atom stereocenters. The van der Waals surface area contributed by atoms with Crippen molar-refractivity contribution >= 4 is 12.4 Å². The largest absolute Gasteiger partial charge is 0.458 e. The lowest BCUT2D eigenvalue weighted by Gasteiger charge is -2.42. The van der Waals surface area contributed by atoms with Crippen LogP contribution in [0.2, 0.25) is 0 Å². The van der Waals surface area contributed by atoms with Crippen LogP contribution in [0.4, 0.5) is 0 Å². The van der Waals surface area contributed by atoms with Crippen molar-refractivity contribution < 1.29 is 9.22 Å². The van der Waals surface area contributed by atoms with Gasteiger partial charge < -0.3 is 4.74 Å². The fourth-order valence-corrected chi connectivity index (χ4v) is 3.83. The molecule has 3 unspecified atom stereocenters. The number of fused-ring (bicyclic) bond motifs is 2. The number of benzene rings is 1. The Kier molecular flexibility index (Phi) is 6.72. The number of hydrogen-bond donors (Lipinski definition) is 0. The summed E-state index contributed by atoms with van der Waals surface area (Å²) in [5.41, 5.74) is 2.60. The Hall–Kier alpha value is -1.29. The Morgan fingerprint density at radius 3 is 2.48 bits per heavy atom. The molecule has 25 heavy (non-hydrogen) atoms. The highest BCUT2D eigenvalue weighted by Gasteiger charge is 2.40. The molecule has 1 aromatic carbocycles. The Balaban J connectivity index is 0.00000225. The average molecular weight is 364 g/mol. The Morgan fingerprint density at radius 1 is 1.12 bits per heavy atom. The summed E-state index contributed by atoms with van der Waals surface area (Å²) < 4.78 is 6.95. The number of hydrogen-bond acceptors (Lipinski definition) is 2. The highest BCUT2D eigenvalue weighted by molar-refractivity contribution is 5.85. The third kappa shape index (κ3) is 3.94. The van der Waals surface area contributed by atoms with E-state index in [9.17, 15) is 0 Å². The number of nitrogens with zero attached hydrogens (tertiary/aromatic N) is 2. The van der Waals surface area contributed by atoms with Gasteiger partial charge in [0, 0.05) is 23.7 Å². The van der Waals surface area contributed by atoms with Gasteiger partial charge in [0.15, 0.2) is 12.0 Å². The molecule has 2 heterocycles. The minimum absolute atomic E-state index is 0. The summed E-state index contributed by atoms with van der Waals surface area (Å²) in [6, 6.07) is 9.65. The average Bonchev–Trinajstić information content (AvgIpc) is 2.93. The van der Waals surface area contributed by atoms with Crippen LogP contribution in [0, 0.1) is 0 Å². The van der Waals surface area contributed by atoms with Gasteiger partial charge in [-0.3, -0.25) is 9.38 Å². The van der Waals surface area contributed by atoms with Crippen molar-refractivity contribution in [3.63, 3.8) is 0 Å². The maximum absolute atomic E-state index is 6.00. The monoisotopic (exact) mass is 363 g/mol. The molecule has 0 saturated heterocycles. The van der Waals surface area contributed by atoms with Gasteiger partial charge in [-0.15, -0.1) is 12.4 Å². The van der Waals surface area contributed by atoms with Crippen LogP contribution in [0.5, 0.6) is 5.75 Å². The molecule has 138 valence electrons. The highest BCUT2D eigenvalue weighted by atomic mass is 35.5. The molecule has 0 radical (unpaired) electrons. The van der Waals surface area contributed by atoms with Crippen LogP contribution < -0.4 is 4.74 Å². The van der Waals surface area contributed by atoms with Crippen molar-refractivity contribution in [2.45, 2.75) is 59.2 Å². The van der Waals surface area contributed by atoms with Crippen LogP contribution in [0.15, 0.2) is 48.4 Å². The highest BCUT2D eigenvalue weighted by Crippen LogP contribution is 2.36. The second-order valence-electron chi connectivity index (χ2n) is 7.33. The van der Waals surface area contributed by atoms with Gasteiger partial charge >= 0.3 is 0 Å². The van der Waals surface area contributed by atoms with E-state index in [0.717, 1.165) is 30.0 Å². The quantitative estimate of drug-likeness (QED) is 0.653. The van der Waals surface area contributed by atoms with E-state index in [1.807, 2.05) is 6.26 Å². The fourth-order valence-electron chi connectivity index (χ4n) is 3.83. The summed E-state index contributed by atoms with van der Waals surface area (Å²) in [6.07, 6.45) is 8.89. The van der Waals surface area contributed by atoms with E-state index in [1.54, 1.807) is 0 Å². The van der Waals surface area contributed by atoms with Crippen molar-refractivity contribution in [3.05, 3.63) is 53.9 Å². The predicted octanol–water partition coefficient (Wildman–Crippen LogP) is 5.09. The second kappa shape index (κ2) is 8.39. The summed E-state index contributed by atoms with van der Waals surface area (Å²) in [7, 11) is 0. The molecule has 4 heteroatoms. The Morgan fingerprint density at radius 2 is 1.80 bits per heavy atom. The standard InChI is InChI=1S/C21H31N2O.ClH/c1-5-17(3)22(18(4)6-2)16-23-13-9-11-20(23)15-24-21-12-8-7-10-19(21)14-23;/h7-12,15,17-18H,5-6,13-14,16H2,1-4H3;1H/q+1;. The van der Waals surface area contributed by atoms with Crippen molar-refractivity contribution in [3.8, 4) is 5.75 Å². The van der Waals surface area contributed by atoms with E-state index in [2.05, 4.69) is 69.0 Å². The Labute approximate surface area is 159 Å². The first-order valence-electron chi connectivity index (χ1n) is 9.33. The van der Waals surface area contributed by atoms with Gasteiger partial charge in [0.05, 0.1) is 0 Å². The third-order valence-corrected chi connectivity index (χ3v) is 5.79. The molecular formula is C21H32ClN2O+. The van der Waals surface area contributed by atoms with Crippen molar-refractivity contribution in [1.29, 1.82) is 0 Å². The molecular weight excluding hydrogens is 332 g/mol. The van der Waals surface area contributed by atoms with Crippen LogP contribution in [-0.2, 0) is 6.54 Å². The topological polar surface area (TPSA) is 12.5 Å². The van der Waals surface area contributed by atoms with E-state index in [0.29, 0.717) is 12.1 Å². The van der Waals surface area contributed by atoms with E-state index >= 15 is 0 Å². The van der Waals surface area contributed by atoms with Crippen molar-refractivity contribution in [1.82, 2.24) is 4.90 Å². The predicted molar refractivity (Wildman–Crippen MR) is 107 cm³/mol. The van der Waals surface area contributed by atoms with Gasteiger partial charge in [-0.25, -0.2) is 0 Å². The molecule has 0 fully saturated rings. The van der Waals surface area contributed by atoms with Gasteiger partial charge in [0.2, 0.25) is 0 Å². The van der Waals surface area contributed by atoms with Gasteiger partial charge in [-0.1, -0.05) is 26.0 Å². The number of quaternary nitrogens is 1. The maximum atomic E-state index is 6.00. The molecule has 0 saturated carbocycles. The summed E-state index contributed by atoms with van der Waals surface area (Å²) in [4.78, 5) is 2.69. The molecule has 0 aromatic heterocycles. The molecule has 3 rings (SSSR count). The zero-order valence-electron chi connectivity index (χ0n) is 15.9. The summed E-state index contributed by atoms with van der Waals surface area (Å²) in [5, 5.41) is 0. The van der Waals surface area contributed by atoms with Crippen molar-refractivity contribution in [2.24, 2.45) is 0 Å². The SMILES string of the molecule is CCC(C)N(C[N+]12CC=CC1=COc1ccccc1C2)C(C)CC.Cl. The molecule has 0 N–H and O–H groups in total. The first-order chi connectivity index (χ1) is 11.6. The normalized spacial score (nSPS) is 23.6. The lowest BCUT2D eigenvalue weighted by Crippen LogP contribution is -2.55. The van der Waals surface area contributed by atoms with E-state index in [1.165, 1.54) is 24.1 Å². The summed E-state index contributed by atoms with van der Waals surface area (Å²) in [5.74, 6) is 1.00. The number of para-hydroxylation sites is 1. The first kappa shape index (κ1) is 20.0. The summed E-state index contributed by atoms with van der Waals surface area (Å²) in [6.45, 7) is 12.4. The van der Waals surface area contributed by atoms with Crippen molar-refractivity contribution in [2.75, 3.05) is 13.2 Å². The molecule has 1 aromatic rings. The lowest BCUT2D eigenvalue weighted by molar-refractivity contribution is -0.904. The minimum atomic E-state index is 0.